The Labute approximate surface area is 227 Å². The highest BCUT2D eigenvalue weighted by Crippen LogP contribution is 2.38. The minimum Gasteiger partial charge on any atom is -0.459 e. The second-order valence-corrected chi connectivity index (χ2v) is 15.5. The molecule has 0 aromatic heterocycles. The molecule has 0 spiro atoms. The number of carbonyl (C=O) groups excluding carboxylic acids is 1. The van der Waals surface area contributed by atoms with Gasteiger partial charge in [0.1, 0.15) is 12.2 Å². The molecular weight excluding hydrogens is 492 g/mol. The summed E-state index contributed by atoms with van der Waals surface area (Å²) in [5.41, 5.74) is 0.549. The molecule has 0 saturated heterocycles. The van der Waals surface area contributed by atoms with Gasteiger partial charge in [-0.3, -0.25) is 0 Å². The van der Waals surface area contributed by atoms with Gasteiger partial charge in [-0.1, -0.05) is 99.6 Å². The van der Waals surface area contributed by atoms with Crippen LogP contribution in [0.4, 0.5) is 0 Å². The van der Waals surface area contributed by atoms with E-state index in [0.717, 1.165) is 29.6 Å². The Morgan fingerprint density at radius 3 is 1.84 bits per heavy atom. The lowest BCUT2D eigenvalue weighted by Crippen LogP contribution is -2.68. The summed E-state index contributed by atoms with van der Waals surface area (Å²) in [5.74, 6) is -0.313. The molecule has 0 heterocycles. The number of ether oxygens (including phenoxy) is 2. The smallest absolute Gasteiger partial charge is 0.338 e. The molecule has 0 aliphatic heterocycles. The van der Waals surface area contributed by atoms with Crippen molar-refractivity contribution in [3.8, 4) is 0 Å². The van der Waals surface area contributed by atoms with E-state index in [-0.39, 0.29) is 23.2 Å². The average molecular weight is 533 g/mol. The van der Waals surface area contributed by atoms with E-state index in [1.54, 1.807) is 19.1 Å². The van der Waals surface area contributed by atoms with E-state index in [1.165, 1.54) is 0 Å². The van der Waals surface area contributed by atoms with Gasteiger partial charge in [-0.25, -0.2) is 4.79 Å². The lowest BCUT2D eigenvalue weighted by molar-refractivity contribution is -0.184. The second kappa shape index (κ2) is 12.4. The van der Waals surface area contributed by atoms with Crippen molar-refractivity contribution in [2.45, 2.75) is 83.0 Å². The van der Waals surface area contributed by atoms with Crippen LogP contribution in [0.15, 0.2) is 91.0 Å². The minimum absolute atomic E-state index is 0.185. The van der Waals surface area contributed by atoms with Crippen molar-refractivity contribution < 1.29 is 23.8 Å². The van der Waals surface area contributed by atoms with Gasteiger partial charge < -0.3 is 19.0 Å². The van der Waals surface area contributed by atoms with Crippen LogP contribution in [-0.4, -0.2) is 44.0 Å². The number of carbonyl (C=O) groups is 1. The van der Waals surface area contributed by atoms with Gasteiger partial charge in [0.05, 0.1) is 11.7 Å². The normalized spacial score (nSPS) is 19.9. The number of rotatable bonds is 9. The highest BCUT2D eigenvalue weighted by atomic mass is 28.4. The van der Waals surface area contributed by atoms with Crippen molar-refractivity contribution >= 4 is 24.7 Å². The quantitative estimate of drug-likeness (QED) is 0.225. The van der Waals surface area contributed by atoms with Gasteiger partial charge in [0.2, 0.25) is 0 Å². The number of hydrogen-bond donors (Lipinski definition) is 1. The predicted octanol–water partition coefficient (Wildman–Crippen LogP) is 5.45. The topological polar surface area (TPSA) is 65.0 Å². The molecule has 1 saturated carbocycles. The first-order valence-electron chi connectivity index (χ1n) is 13.6. The molecule has 202 valence electrons. The molecule has 4 unspecified atom stereocenters. The molecular formula is C32H40O5Si. The number of hydrogen-bond acceptors (Lipinski definition) is 5. The van der Waals surface area contributed by atoms with Crippen LogP contribution in [0, 0.1) is 0 Å². The summed E-state index contributed by atoms with van der Waals surface area (Å²) in [6.45, 7) is 8.34. The van der Waals surface area contributed by atoms with Crippen LogP contribution in [0.25, 0.3) is 0 Å². The fraction of sp³-hybridized carbons (Fsp3) is 0.406. The predicted molar refractivity (Wildman–Crippen MR) is 153 cm³/mol. The lowest BCUT2D eigenvalue weighted by Gasteiger charge is -2.46. The van der Waals surface area contributed by atoms with Gasteiger partial charge in [0.15, 0.2) is 6.29 Å². The molecule has 0 bridgehead atoms. The van der Waals surface area contributed by atoms with Crippen molar-refractivity contribution in [2.75, 3.05) is 0 Å². The van der Waals surface area contributed by atoms with E-state index in [2.05, 4.69) is 45.0 Å². The van der Waals surface area contributed by atoms with Crippen LogP contribution in [0.3, 0.4) is 0 Å². The van der Waals surface area contributed by atoms with Crippen LogP contribution in [0.1, 0.15) is 63.7 Å². The fourth-order valence-corrected chi connectivity index (χ4v) is 10.0. The molecule has 0 amide bonds. The maximum Gasteiger partial charge on any atom is 0.338 e. The summed E-state index contributed by atoms with van der Waals surface area (Å²) < 4.78 is 19.4. The highest BCUT2D eigenvalue weighted by molar-refractivity contribution is 6.99. The fourth-order valence-electron chi connectivity index (χ4n) is 5.42. The van der Waals surface area contributed by atoms with Crippen molar-refractivity contribution in [3.05, 3.63) is 96.6 Å². The Morgan fingerprint density at radius 2 is 1.34 bits per heavy atom. The van der Waals surface area contributed by atoms with Gasteiger partial charge in [0, 0.05) is 6.42 Å². The Hall–Kier alpha value is -2.77. The van der Waals surface area contributed by atoms with Gasteiger partial charge in [0.25, 0.3) is 8.32 Å². The van der Waals surface area contributed by atoms with Crippen LogP contribution in [0.5, 0.6) is 0 Å². The largest absolute Gasteiger partial charge is 0.459 e. The van der Waals surface area contributed by atoms with E-state index >= 15 is 0 Å². The Bertz CT molecular complexity index is 1110. The Kier molecular flexibility index (Phi) is 9.21. The average Bonchev–Trinajstić information content (AvgIpc) is 2.92. The molecule has 3 aromatic rings. The summed E-state index contributed by atoms with van der Waals surface area (Å²) in [5, 5.41) is 12.9. The van der Waals surface area contributed by atoms with Crippen LogP contribution in [-0.2, 0) is 13.9 Å². The van der Waals surface area contributed by atoms with Crippen LogP contribution in [0.2, 0.25) is 5.04 Å². The van der Waals surface area contributed by atoms with Crippen molar-refractivity contribution in [1.82, 2.24) is 0 Å². The van der Waals surface area contributed by atoms with E-state index in [9.17, 15) is 9.90 Å². The monoisotopic (exact) mass is 532 g/mol. The number of aliphatic hydroxyl groups excluding tert-OH is 1. The zero-order valence-electron chi connectivity index (χ0n) is 22.9. The first-order valence-corrected chi connectivity index (χ1v) is 15.5. The molecule has 1 fully saturated rings. The molecule has 38 heavy (non-hydrogen) atoms. The molecule has 5 nitrogen and oxygen atoms in total. The second-order valence-electron chi connectivity index (χ2n) is 11.2. The van der Waals surface area contributed by atoms with E-state index < -0.39 is 20.7 Å². The third-order valence-corrected chi connectivity index (χ3v) is 12.3. The Morgan fingerprint density at radius 1 is 0.842 bits per heavy atom. The van der Waals surface area contributed by atoms with Crippen LogP contribution >= 0.6 is 0 Å². The summed E-state index contributed by atoms with van der Waals surface area (Å²) in [4.78, 5) is 12.6. The third kappa shape index (κ3) is 6.44. The molecule has 1 N–H and O–H groups in total. The Balaban J connectivity index is 1.58. The molecule has 3 aromatic carbocycles. The highest BCUT2D eigenvalue weighted by Gasteiger charge is 2.52. The van der Waals surface area contributed by atoms with E-state index in [4.69, 9.17) is 13.9 Å². The van der Waals surface area contributed by atoms with Crippen molar-refractivity contribution in [3.63, 3.8) is 0 Å². The minimum atomic E-state index is -2.92. The number of benzene rings is 3. The molecule has 1 aliphatic carbocycles. The van der Waals surface area contributed by atoms with Crippen molar-refractivity contribution in [1.29, 1.82) is 0 Å². The van der Waals surface area contributed by atoms with Crippen LogP contribution < -0.4 is 10.4 Å². The summed E-state index contributed by atoms with van der Waals surface area (Å²) in [6, 6.07) is 29.8. The zero-order chi connectivity index (χ0) is 27.2. The maximum atomic E-state index is 12.6. The standard InChI is InChI=1S/C32H40O5Si/c1-24(33)31(36-27-18-14-17-26(23-27)35-30(34)25-15-8-5-9-16-25)37-38(32(2,3)4,28-19-10-6-11-20-28)29-21-12-7-13-22-29/h5-13,15-16,19-22,24,26-27,31,33H,14,17-18,23H2,1-4H3. The van der Waals surface area contributed by atoms with Gasteiger partial charge in [-0.05, 0) is 53.7 Å². The molecule has 4 rings (SSSR count). The van der Waals surface area contributed by atoms with E-state index in [1.807, 2.05) is 54.6 Å². The van der Waals surface area contributed by atoms with E-state index in [0.29, 0.717) is 12.0 Å². The molecule has 1 aliphatic rings. The van der Waals surface area contributed by atoms with Crippen molar-refractivity contribution in [2.24, 2.45) is 0 Å². The molecule has 6 heteroatoms. The SMILES string of the molecule is CC(O)C(OC1CCCC(OC(=O)c2ccccc2)C1)O[Si](c1ccccc1)(c1ccccc1)C(C)(C)C. The molecule has 0 radical (unpaired) electrons. The number of aliphatic hydroxyl groups is 1. The zero-order valence-corrected chi connectivity index (χ0v) is 23.9. The third-order valence-electron chi connectivity index (χ3n) is 7.29. The molecule has 4 atom stereocenters. The van der Waals surface area contributed by atoms with Gasteiger partial charge >= 0.3 is 5.97 Å². The first-order chi connectivity index (χ1) is 18.2. The van der Waals surface area contributed by atoms with Gasteiger partial charge in [-0.15, -0.1) is 0 Å². The summed E-state index contributed by atoms with van der Waals surface area (Å²) in [6.07, 6.45) is 0.993. The summed E-state index contributed by atoms with van der Waals surface area (Å²) in [7, 11) is -2.92. The lowest BCUT2D eigenvalue weighted by atomic mass is 9.94. The summed E-state index contributed by atoms with van der Waals surface area (Å²) >= 11 is 0. The first kappa shape index (κ1) is 28.2. The number of esters is 1. The maximum absolute atomic E-state index is 12.6. The van der Waals surface area contributed by atoms with Gasteiger partial charge in [-0.2, -0.15) is 0 Å².